The number of ether oxygens (including phenoxy) is 2. The van der Waals surface area contributed by atoms with Crippen molar-refractivity contribution in [2.45, 2.75) is 117 Å². The SMILES string of the molecule is C=CC(=O)N1CCC[C@H]2CN(C(=O)N(C)C(C(=O)N[C@H]3Cc4nc(cs4)-c4ccc5c(c4)c(c(-c4cccnc4[C@H](C)OC)n5CC)CC(C)(C)COC(=O)[C@@H]4CCCN(N4)C3=O)C(C)C)C[C@H]21. The van der Waals surface area contributed by atoms with E-state index >= 15 is 0 Å². The first-order valence-electron chi connectivity index (χ1n) is 24.1. The summed E-state index contributed by atoms with van der Waals surface area (Å²) in [5.74, 6) is -1.67. The molecule has 2 N–H and O–H groups in total. The second-order valence-corrected chi connectivity index (χ2v) is 20.9. The summed E-state index contributed by atoms with van der Waals surface area (Å²) in [6.45, 7) is 18.4. The summed E-state index contributed by atoms with van der Waals surface area (Å²) in [5.41, 5.74) is 9.28. The number of hydrogen-bond donors (Lipinski definition) is 2. The average Bonchev–Trinajstić information content (AvgIpc) is 4.07. The number of nitrogens with one attached hydrogen (secondary N) is 2. The molecule has 5 amide bonds. The van der Waals surface area contributed by atoms with Crippen LogP contribution >= 0.6 is 11.3 Å². The van der Waals surface area contributed by atoms with Gasteiger partial charge in [0.25, 0.3) is 5.91 Å². The molecular weight excluding hydrogens is 883 g/mol. The van der Waals surface area contributed by atoms with Crippen LogP contribution < -0.4 is 10.7 Å². The highest BCUT2D eigenvalue weighted by atomic mass is 32.1. The molecule has 0 radical (unpaired) electrons. The third-order valence-corrected chi connectivity index (χ3v) is 15.2. The number of carbonyl (C=O) groups is 5. The normalized spacial score (nSPS) is 22.9. The van der Waals surface area contributed by atoms with Crippen LogP contribution in [0.15, 0.2) is 54.6 Å². The molecule has 0 spiro atoms. The van der Waals surface area contributed by atoms with E-state index in [0.717, 1.165) is 57.5 Å². The summed E-state index contributed by atoms with van der Waals surface area (Å²) in [6.07, 6.45) is 6.27. The molecule has 0 saturated carbocycles. The molecule has 364 valence electrons. The Labute approximate surface area is 403 Å². The number of methoxy groups -OCH3 is 1. The maximum atomic E-state index is 14.7. The van der Waals surface area contributed by atoms with Crippen molar-refractivity contribution < 1.29 is 33.4 Å². The first kappa shape index (κ1) is 48.8. The van der Waals surface area contributed by atoms with E-state index in [1.54, 1.807) is 25.3 Å². The average molecular weight is 950 g/mol. The number of piperidine rings is 1. The van der Waals surface area contributed by atoms with E-state index in [9.17, 15) is 24.0 Å². The molecule has 16 nitrogen and oxygen atoms in total. The molecule has 3 saturated heterocycles. The van der Waals surface area contributed by atoms with E-state index in [2.05, 4.69) is 66.9 Å². The molecule has 4 aromatic rings. The number of esters is 1. The van der Waals surface area contributed by atoms with Crippen LogP contribution in [0.1, 0.15) is 89.6 Å². The maximum Gasteiger partial charge on any atom is 0.324 e. The molecule has 4 aliphatic heterocycles. The Morgan fingerprint density at radius 3 is 2.63 bits per heavy atom. The van der Waals surface area contributed by atoms with Crippen LogP contribution in [0.5, 0.6) is 0 Å². The smallest absolute Gasteiger partial charge is 0.324 e. The summed E-state index contributed by atoms with van der Waals surface area (Å²) >= 11 is 1.41. The van der Waals surface area contributed by atoms with Crippen LogP contribution in [0.25, 0.3) is 33.4 Å². The number of pyridine rings is 1. The highest BCUT2D eigenvalue weighted by Gasteiger charge is 2.45. The molecule has 6 atom stereocenters. The fraction of sp³-hybridized carbons (Fsp3) is 0.549. The second kappa shape index (κ2) is 20.1. The Balaban J connectivity index is 1.14. The molecule has 3 aromatic heterocycles. The Bertz CT molecular complexity index is 2570. The van der Waals surface area contributed by atoms with Gasteiger partial charge in [-0.15, -0.1) is 11.3 Å². The number of likely N-dealkylation sites (N-methyl/N-ethyl adjacent to an activating group) is 1. The number of aromatic nitrogens is 3. The van der Waals surface area contributed by atoms with Gasteiger partial charge in [-0.1, -0.05) is 40.3 Å². The van der Waals surface area contributed by atoms with Gasteiger partial charge < -0.3 is 34.1 Å². The number of hydrazine groups is 1. The van der Waals surface area contributed by atoms with Crippen molar-refractivity contribution in [3.63, 3.8) is 0 Å². The molecule has 1 unspecified atom stereocenters. The highest BCUT2D eigenvalue weighted by molar-refractivity contribution is 7.10. The summed E-state index contributed by atoms with van der Waals surface area (Å²) in [4.78, 5) is 85.2. The number of fused-ring (bicyclic) bond motifs is 7. The predicted molar refractivity (Wildman–Crippen MR) is 261 cm³/mol. The lowest BCUT2D eigenvalue weighted by Crippen LogP contribution is -2.62. The predicted octanol–water partition coefficient (Wildman–Crippen LogP) is 6.39. The Morgan fingerprint density at radius 1 is 1.12 bits per heavy atom. The van der Waals surface area contributed by atoms with Gasteiger partial charge >= 0.3 is 12.0 Å². The van der Waals surface area contributed by atoms with Crippen LogP contribution in [0.3, 0.4) is 0 Å². The fourth-order valence-corrected chi connectivity index (χ4v) is 11.7. The number of likely N-dealkylation sites (tertiary alicyclic amines) is 2. The first-order chi connectivity index (χ1) is 32.5. The second-order valence-electron chi connectivity index (χ2n) is 20.0. The number of carbonyl (C=O) groups excluding carboxylic acids is 5. The Kier molecular flexibility index (Phi) is 14.4. The van der Waals surface area contributed by atoms with Crippen molar-refractivity contribution >= 4 is 52.0 Å². The zero-order valence-corrected chi connectivity index (χ0v) is 41.6. The van der Waals surface area contributed by atoms with Gasteiger partial charge in [-0.3, -0.25) is 29.2 Å². The standard InChI is InChI=1S/C51H67N9O7S/c1-10-43(61)59-21-13-15-33-26-57(27-41(33)59)50(65)56(8)45(30(3)4)47(62)54-38-24-42-53-39(28-68-42)32-18-19-40-35(23-32)36(46(58(40)11-2)34-16-12-20-52-44(34)31(5)66-9)25-51(6,7)29-67-49(64)37-17-14-22-60(55-37)48(38)63/h10,12,16,18-20,23,28,30-31,33,37-38,41,45,55H,1,11,13-15,17,21-22,24-27,29H2,2-9H3,(H,54,62)/t31-,33-,37-,38-,41+,45?/m0/s1. The van der Waals surface area contributed by atoms with Crippen molar-refractivity contribution in [2.75, 3.05) is 46.9 Å². The summed E-state index contributed by atoms with van der Waals surface area (Å²) in [6, 6.07) is 7.20. The Hall–Kier alpha value is -5.65. The zero-order chi connectivity index (χ0) is 48.6. The minimum atomic E-state index is -1.09. The van der Waals surface area contributed by atoms with Gasteiger partial charge in [-0.2, -0.15) is 0 Å². The number of benzene rings is 1. The Morgan fingerprint density at radius 2 is 1.90 bits per heavy atom. The number of amides is 5. The van der Waals surface area contributed by atoms with Crippen molar-refractivity contribution in [3.8, 4) is 22.5 Å². The largest absolute Gasteiger partial charge is 0.464 e. The van der Waals surface area contributed by atoms with E-state index in [1.165, 1.54) is 27.3 Å². The van der Waals surface area contributed by atoms with Crippen LogP contribution in [-0.2, 0) is 48.0 Å². The zero-order valence-electron chi connectivity index (χ0n) is 40.7. The lowest BCUT2D eigenvalue weighted by molar-refractivity contribution is -0.155. The van der Waals surface area contributed by atoms with Crippen LogP contribution in [0.2, 0.25) is 0 Å². The van der Waals surface area contributed by atoms with Gasteiger partial charge in [-0.25, -0.2) is 15.2 Å². The van der Waals surface area contributed by atoms with E-state index in [0.29, 0.717) is 57.0 Å². The minimum absolute atomic E-state index is 0.0766. The monoisotopic (exact) mass is 949 g/mol. The fourth-order valence-electron chi connectivity index (χ4n) is 10.8. The van der Waals surface area contributed by atoms with Gasteiger partial charge in [0.1, 0.15) is 18.1 Å². The van der Waals surface area contributed by atoms with Crippen molar-refractivity contribution in [3.05, 3.63) is 70.8 Å². The van der Waals surface area contributed by atoms with Crippen molar-refractivity contribution in [1.82, 2.24) is 45.0 Å². The summed E-state index contributed by atoms with van der Waals surface area (Å²) in [5, 5.41) is 8.15. The number of urea groups is 1. The van der Waals surface area contributed by atoms with Crippen molar-refractivity contribution in [1.29, 1.82) is 0 Å². The molecule has 1 aromatic carbocycles. The molecule has 0 aliphatic carbocycles. The number of nitrogens with zero attached hydrogens (tertiary/aromatic N) is 7. The molecule has 68 heavy (non-hydrogen) atoms. The molecule has 7 heterocycles. The van der Waals surface area contributed by atoms with E-state index < -0.39 is 41.3 Å². The van der Waals surface area contributed by atoms with Crippen LogP contribution in [-0.4, -0.2) is 135 Å². The quantitative estimate of drug-likeness (QED) is 0.142. The van der Waals surface area contributed by atoms with E-state index in [1.807, 2.05) is 37.1 Å². The van der Waals surface area contributed by atoms with Gasteiger partial charge in [-0.05, 0) is 93.7 Å². The summed E-state index contributed by atoms with van der Waals surface area (Å²) in [7, 11) is 3.31. The number of rotatable bonds is 9. The molecule has 6 bridgehead atoms. The van der Waals surface area contributed by atoms with Crippen LogP contribution in [0, 0.1) is 17.3 Å². The van der Waals surface area contributed by atoms with Crippen LogP contribution in [0.4, 0.5) is 4.79 Å². The lowest BCUT2D eigenvalue weighted by Gasteiger charge is -2.37. The van der Waals surface area contributed by atoms with Gasteiger partial charge in [0, 0.05) is 92.3 Å². The number of thiazole rings is 1. The third kappa shape index (κ3) is 9.66. The number of cyclic esters (lactones) is 1. The topological polar surface area (TPSA) is 172 Å². The first-order valence-corrected chi connectivity index (χ1v) is 25.0. The molecular formula is C51H67N9O7S. The number of aryl methyl sites for hydroxylation is 1. The minimum Gasteiger partial charge on any atom is -0.464 e. The molecule has 17 heteroatoms. The van der Waals surface area contributed by atoms with Gasteiger partial charge in [0.05, 0.1) is 40.8 Å². The molecule has 8 rings (SSSR count). The highest BCUT2D eigenvalue weighted by Crippen LogP contribution is 2.42. The van der Waals surface area contributed by atoms with Crippen molar-refractivity contribution in [2.24, 2.45) is 17.3 Å². The lowest BCUT2D eigenvalue weighted by atomic mass is 9.84. The summed E-state index contributed by atoms with van der Waals surface area (Å²) < 4.78 is 14.3. The number of hydrogen-bond acceptors (Lipinski definition) is 11. The van der Waals surface area contributed by atoms with Gasteiger partial charge in [0.2, 0.25) is 11.8 Å². The molecule has 4 aliphatic rings. The maximum absolute atomic E-state index is 14.7. The third-order valence-electron chi connectivity index (χ3n) is 14.3. The van der Waals surface area contributed by atoms with Gasteiger partial charge in [0.15, 0.2) is 0 Å². The van der Waals surface area contributed by atoms with E-state index in [4.69, 9.17) is 19.4 Å². The molecule has 3 fully saturated rings. The van der Waals surface area contributed by atoms with E-state index in [-0.39, 0.29) is 48.9 Å².